The van der Waals surface area contributed by atoms with Crippen molar-refractivity contribution in [1.82, 2.24) is 4.57 Å². The molecule has 146 valence electrons. The fraction of sp³-hybridized carbons (Fsp3) is 0.364. The van der Waals surface area contributed by atoms with E-state index in [-0.39, 0.29) is 5.91 Å². The van der Waals surface area contributed by atoms with Crippen LogP contribution in [0.4, 0.5) is 11.4 Å². The molecule has 4 rings (SSSR count). The van der Waals surface area contributed by atoms with Crippen LogP contribution in [0.5, 0.6) is 0 Å². The summed E-state index contributed by atoms with van der Waals surface area (Å²) in [5, 5.41) is 6.45. The Morgan fingerprint density at radius 2 is 1.71 bits per heavy atom. The zero-order valence-corrected chi connectivity index (χ0v) is 16.0. The van der Waals surface area contributed by atoms with Crippen molar-refractivity contribution in [2.24, 2.45) is 0 Å². The van der Waals surface area contributed by atoms with Gasteiger partial charge in [-0.05, 0) is 56.2 Å². The van der Waals surface area contributed by atoms with E-state index in [0.717, 1.165) is 5.69 Å². The fourth-order valence-electron chi connectivity index (χ4n) is 3.85. The third-order valence-electron chi connectivity index (χ3n) is 5.41. The molecule has 1 heterocycles. The molecule has 1 aliphatic carbocycles. The standard InChI is InChI=1S/C22H25N3O3/c1-15(25-19-9-5-6-10-20(19)28-22(25)27)21(26)24-18-13-11-17(12-14-18)23-16-7-3-2-4-8-16/h5-6,9-16,23H,2-4,7-8H2,1H3,(H,24,26). The second-order valence-electron chi connectivity index (χ2n) is 7.43. The third-order valence-corrected chi connectivity index (χ3v) is 5.41. The summed E-state index contributed by atoms with van der Waals surface area (Å²) < 4.78 is 6.61. The molecular formula is C22H25N3O3. The Morgan fingerprint density at radius 3 is 2.46 bits per heavy atom. The summed E-state index contributed by atoms with van der Waals surface area (Å²) in [4.78, 5) is 24.9. The van der Waals surface area contributed by atoms with Crippen LogP contribution < -0.4 is 16.4 Å². The number of para-hydroxylation sites is 2. The highest BCUT2D eigenvalue weighted by Crippen LogP contribution is 2.23. The Balaban J connectivity index is 1.44. The largest absolute Gasteiger partial charge is 0.420 e. The van der Waals surface area contributed by atoms with E-state index in [2.05, 4.69) is 10.6 Å². The van der Waals surface area contributed by atoms with E-state index in [0.29, 0.717) is 22.8 Å². The van der Waals surface area contributed by atoms with Gasteiger partial charge in [0.05, 0.1) is 5.52 Å². The van der Waals surface area contributed by atoms with E-state index in [1.165, 1.54) is 36.7 Å². The van der Waals surface area contributed by atoms with Crippen LogP contribution in [-0.2, 0) is 4.79 Å². The van der Waals surface area contributed by atoms with Gasteiger partial charge in [0.2, 0.25) is 5.91 Å². The fourth-order valence-corrected chi connectivity index (χ4v) is 3.85. The monoisotopic (exact) mass is 379 g/mol. The summed E-state index contributed by atoms with van der Waals surface area (Å²) in [5.74, 6) is -0.794. The van der Waals surface area contributed by atoms with Gasteiger partial charge in [0.1, 0.15) is 6.04 Å². The minimum atomic E-state index is -0.684. The number of benzene rings is 2. The summed E-state index contributed by atoms with van der Waals surface area (Å²) in [5.41, 5.74) is 2.86. The van der Waals surface area contributed by atoms with Crippen LogP contribution in [0, 0.1) is 0 Å². The number of aromatic nitrogens is 1. The number of fused-ring (bicyclic) bond motifs is 1. The predicted octanol–water partition coefficient (Wildman–Crippen LogP) is 4.54. The molecule has 28 heavy (non-hydrogen) atoms. The maximum absolute atomic E-state index is 12.7. The zero-order valence-electron chi connectivity index (χ0n) is 16.0. The summed E-state index contributed by atoms with van der Waals surface area (Å²) >= 11 is 0. The first-order chi connectivity index (χ1) is 13.6. The molecule has 0 saturated heterocycles. The number of hydrogen-bond acceptors (Lipinski definition) is 4. The zero-order chi connectivity index (χ0) is 19.5. The van der Waals surface area contributed by atoms with Crippen LogP contribution in [0.2, 0.25) is 0 Å². The Kier molecular flexibility index (Phi) is 5.19. The van der Waals surface area contributed by atoms with Crippen molar-refractivity contribution in [2.45, 2.75) is 51.1 Å². The van der Waals surface area contributed by atoms with Crippen molar-refractivity contribution in [3.05, 3.63) is 59.1 Å². The Hall–Kier alpha value is -3.02. The van der Waals surface area contributed by atoms with Gasteiger partial charge in [0.25, 0.3) is 0 Å². The topological polar surface area (TPSA) is 76.3 Å². The maximum Gasteiger partial charge on any atom is 0.420 e. The van der Waals surface area contributed by atoms with Gasteiger partial charge < -0.3 is 15.1 Å². The second-order valence-corrected chi connectivity index (χ2v) is 7.43. The molecule has 0 spiro atoms. The second kappa shape index (κ2) is 7.92. The number of carbonyl (C=O) groups excluding carboxylic acids is 1. The van der Waals surface area contributed by atoms with E-state index >= 15 is 0 Å². The smallest absolute Gasteiger partial charge is 0.408 e. The normalized spacial score (nSPS) is 16.0. The molecule has 1 unspecified atom stereocenters. The van der Waals surface area contributed by atoms with E-state index in [4.69, 9.17) is 4.42 Å². The van der Waals surface area contributed by atoms with Crippen LogP contribution in [0.25, 0.3) is 11.1 Å². The van der Waals surface area contributed by atoms with Crippen LogP contribution >= 0.6 is 0 Å². The molecule has 0 aliphatic heterocycles. The molecule has 1 aliphatic rings. The first-order valence-corrected chi connectivity index (χ1v) is 9.89. The Morgan fingerprint density at radius 1 is 1.04 bits per heavy atom. The summed E-state index contributed by atoms with van der Waals surface area (Å²) in [6, 6.07) is 14.7. The number of amides is 1. The predicted molar refractivity (Wildman–Crippen MR) is 111 cm³/mol. The number of nitrogens with zero attached hydrogens (tertiary/aromatic N) is 1. The van der Waals surface area contributed by atoms with Crippen molar-refractivity contribution in [2.75, 3.05) is 10.6 Å². The van der Waals surface area contributed by atoms with Gasteiger partial charge in [0, 0.05) is 17.4 Å². The Bertz CT molecular complexity index is 1010. The number of anilines is 2. The van der Waals surface area contributed by atoms with Crippen LogP contribution in [0.15, 0.2) is 57.7 Å². The highest BCUT2D eigenvalue weighted by Gasteiger charge is 2.21. The molecule has 2 N–H and O–H groups in total. The molecule has 2 aromatic carbocycles. The van der Waals surface area contributed by atoms with E-state index in [9.17, 15) is 9.59 Å². The van der Waals surface area contributed by atoms with Crippen molar-refractivity contribution >= 4 is 28.4 Å². The molecule has 6 heteroatoms. The van der Waals surface area contributed by atoms with Gasteiger partial charge in [-0.15, -0.1) is 0 Å². The lowest BCUT2D eigenvalue weighted by Crippen LogP contribution is -2.29. The lowest BCUT2D eigenvalue weighted by atomic mass is 9.95. The minimum absolute atomic E-state index is 0.262. The Labute approximate surface area is 163 Å². The van der Waals surface area contributed by atoms with Crippen LogP contribution in [0.1, 0.15) is 45.1 Å². The molecule has 1 fully saturated rings. The van der Waals surface area contributed by atoms with Crippen molar-refractivity contribution in [3.63, 3.8) is 0 Å². The molecule has 3 aromatic rings. The summed E-state index contributed by atoms with van der Waals surface area (Å²) in [6.45, 7) is 1.69. The van der Waals surface area contributed by atoms with Gasteiger partial charge in [-0.25, -0.2) is 4.79 Å². The number of carbonyl (C=O) groups is 1. The molecule has 1 saturated carbocycles. The third kappa shape index (κ3) is 3.81. The molecule has 0 bridgehead atoms. The van der Waals surface area contributed by atoms with Crippen molar-refractivity contribution in [3.8, 4) is 0 Å². The molecule has 0 radical (unpaired) electrons. The maximum atomic E-state index is 12.7. The average molecular weight is 379 g/mol. The van der Waals surface area contributed by atoms with Crippen LogP contribution in [-0.4, -0.2) is 16.5 Å². The lowest BCUT2D eigenvalue weighted by molar-refractivity contribution is -0.118. The minimum Gasteiger partial charge on any atom is -0.408 e. The molecule has 1 atom stereocenters. The van der Waals surface area contributed by atoms with Gasteiger partial charge in [0.15, 0.2) is 5.58 Å². The van der Waals surface area contributed by atoms with Crippen molar-refractivity contribution < 1.29 is 9.21 Å². The molecule has 1 amide bonds. The highest BCUT2D eigenvalue weighted by atomic mass is 16.4. The summed E-state index contributed by atoms with van der Waals surface area (Å²) in [6.07, 6.45) is 6.32. The molecule has 6 nitrogen and oxygen atoms in total. The van der Waals surface area contributed by atoms with E-state index in [1.807, 2.05) is 30.3 Å². The van der Waals surface area contributed by atoms with Crippen molar-refractivity contribution in [1.29, 1.82) is 0 Å². The molecule has 1 aromatic heterocycles. The molecular weight excluding hydrogens is 354 g/mol. The van der Waals surface area contributed by atoms with E-state index in [1.54, 1.807) is 25.1 Å². The van der Waals surface area contributed by atoms with Gasteiger partial charge in [-0.1, -0.05) is 31.4 Å². The van der Waals surface area contributed by atoms with Gasteiger partial charge in [-0.3, -0.25) is 9.36 Å². The van der Waals surface area contributed by atoms with Gasteiger partial charge in [-0.2, -0.15) is 0 Å². The average Bonchev–Trinajstić information content (AvgIpc) is 3.05. The van der Waals surface area contributed by atoms with Crippen LogP contribution in [0.3, 0.4) is 0 Å². The number of hydrogen-bond donors (Lipinski definition) is 2. The number of oxazole rings is 1. The summed E-state index contributed by atoms with van der Waals surface area (Å²) in [7, 11) is 0. The number of nitrogens with one attached hydrogen (secondary N) is 2. The lowest BCUT2D eigenvalue weighted by Gasteiger charge is -2.24. The first kappa shape index (κ1) is 18.3. The quantitative estimate of drug-likeness (QED) is 0.682. The highest BCUT2D eigenvalue weighted by molar-refractivity contribution is 5.94. The SMILES string of the molecule is CC(C(=O)Nc1ccc(NC2CCCCC2)cc1)n1c(=O)oc2ccccc21. The first-order valence-electron chi connectivity index (χ1n) is 9.89. The van der Waals surface area contributed by atoms with E-state index < -0.39 is 11.8 Å². The number of rotatable bonds is 5. The van der Waals surface area contributed by atoms with Gasteiger partial charge >= 0.3 is 5.76 Å².